The SMILES string of the molecule is c1ccc(-c2nc(-c3ccc(-c4ccnc5ccccc45)cc3)cc(-c3ccc4c5ccccc5c5ccccc5c4c3)n2)cc1. The van der Waals surface area contributed by atoms with Crippen molar-refractivity contribution in [1.29, 1.82) is 0 Å². The molecule has 0 bridgehead atoms. The standard InChI is InChI=1S/C43H27N3/c1-2-10-30(11-3-1)43-45-41(29-20-18-28(19-21-29)32-24-25-44-40-17-9-8-16-38(32)40)27-42(46-43)31-22-23-37-35-14-5-4-12-33(35)34-13-6-7-15-36(34)39(37)26-31/h1-27H. The Balaban J connectivity index is 1.21. The normalized spacial score (nSPS) is 11.5. The predicted octanol–water partition coefficient (Wildman–Crippen LogP) is 11.2. The van der Waals surface area contributed by atoms with Gasteiger partial charge in [-0.25, -0.2) is 9.97 Å². The minimum absolute atomic E-state index is 0.709. The zero-order chi connectivity index (χ0) is 30.5. The Morgan fingerprint density at radius 1 is 0.326 bits per heavy atom. The van der Waals surface area contributed by atoms with Crippen LogP contribution in [-0.2, 0) is 0 Å². The first-order chi connectivity index (χ1) is 22.8. The van der Waals surface area contributed by atoms with Gasteiger partial charge in [-0.15, -0.1) is 0 Å². The molecule has 0 atom stereocenters. The molecular formula is C43H27N3. The molecule has 2 aromatic heterocycles. The van der Waals surface area contributed by atoms with Crippen LogP contribution in [0, 0.1) is 0 Å². The summed E-state index contributed by atoms with van der Waals surface area (Å²) >= 11 is 0. The van der Waals surface area contributed by atoms with Gasteiger partial charge < -0.3 is 0 Å². The Kier molecular flexibility index (Phi) is 6.14. The summed E-state index contributed by atoms with van der Waals surface area (Å²) in [7, 11) is 0. The molecule has 3 heteroatoms. The molecule has 0 fully saturated rings. The van der Waals surface area contributed by atoms with Crippen molar-refractivity contribution in [3.8, 4) is 45.0 Å². The number of hydrogen-bond acceptors (Lipinski definition) is 3. The van der Waals surface area contributed by atoms with Gasteiger partial charge in [0.25, 0.3) is 0 Å². The molecule has 46 heavy (non-hydrogen) atoms. The Morgan fingerprint density at radius 2 is 0.848 bits per heavy atom. The quantitative estimate of drug-likeness (QED) is 0.193. The first-order valence-electron chi connectivity index (χ1n) is 15.5. The minimum atomic E-state index is 0.709. The monoisotopic (exact) mass is 585 g/mol. The van der Waals surface area contributed by atoms with Crippen LogP contribution >= 0.6 is 0 Å². The lowest BCUT2D eigenvalue weighted by atomic mass is 9.92. The van der Waals surface area contributed by atoms with Gasteiger partial charge in [-0.2, -0.15) is 0 Å². The molecule has 0 aliphatic carbocycles. The lowest BCUT2D eigenvalue weighted by Gasteiger charge is -2.13. The third-order valence-electron chi connectivity index (χ3n) is 8.94. The van der Waals surface area contributed by atoms with E-state index in [2.05, 4.69) is 138 Å². The lowest BCUT2D eigenvalue weighted by molar-refractivity contribution is 1.18. The maximum Gasteiger partial charge on any atom is 0.160 e. The van der Waals surface area contributed by atoms with E-state index >= 15 is 0 Å². The summed E-state index contributed by atoms with van der Waals surface area (Å²) in [5.41, 5.74) is 8.19. The molecular weight excluding hydrogens is 558 g/mol. The first-order valence-corrected chi connectivity index (χ1v) is 15.5. The van der Waals surface area contributed by atoms with Gasteiger partial charge in [-0.3, -0.25) is 4.98 Å². The summed E-state index contributed by atoms with van der Waals surface area (Å²) in [6, 6.07) is 55.5. The smallest absolute Gasteiger partial charge is 0.160 e. The summed E-state index contributed by atoms with van der Waals surface area (Å²) in [5, 5.41) is 8.66. The van der Waals surface area contributed by atoms with Crippen molar-refractivity contribution in [1.82, 2.24) is 15.0 Å². The van der Waals surface area contributed by atoms with Crippen LogP contribution in [0.1, 0.15) is 0 Å². The highest BCUT2D eigenvalue weighted by Gasteiger charge is 2.14. The van der Waals surface area contributed by atoms with E-state index in [4.69, 9.17) is 9.97 Å². The molecule has 0 radical (unpaired) electrons. The van der Waals surface area contributed by atoms with E-state index in [1.165, 1.54) is 37.9 Å². The van der Waals surface area contributed by atoms with Gasteiger partial charge in [-0.1, -0.05) is 133 Å². The molecule has 3 nitrogen and oxygen atoms in total. The van der Waals surface area contributed by atoms with Crippen molar-refractivity contribution in [2.75, 3.05) is 0 Å². The van der Waals surface area contributed by atoms with Gasteiger partial charge in [0.05, 0.1) is 16.9 Å². The van der Waals surface area contributed by atoms with Crippen molar-refractivity contribution in [3.05, 3.63) is 164 Å². The topological polar surface area (TPSA) is 38.7 Å². The van der Waals surface area contributed by atoms with Crippen LogP contribution in [0.25, 0.3) is 88.2 Å². The molecule has 0 amide bonds. The van der Waals surface area contributed by atoms with E-state index in [0.29, 0.717) is 5.82 Å². The number of aromatic nitrogens is 3. The predicted molar refractivity (Wildman–Crippen MR) is 192 cm³/mol. The van der Waals surface area contributed by atoms with E-state index in [1.807, 2.05) is 30.5 Å². The summed E-state index contributed by atoms with van der Waals surface area (Å²) in [6.45, 7) is 0. The average Bonchev–Trinajstić information content (AvgIpc) is 3.15. The third-order valence-corrected chi connectivity index (χ3v) is 8.94. The summed E-state index contributed by atoms with van der Waals surface area (Å²) in [6.07, 6.45) is 1.88. The van der Waals surface area contributed by atoms with Crippen molar-refractivity contribution < 1.29 is 0 Å². The van der Waals surface area contributed by atoms with E-state index < -0.39 is 0 Å². The molecule has 9 rings (SSSR count). The van der Waals surface area contributed by atoms with Crippen LogP contribution in [0.15, 0.2) is 164 Å². The van der Waals surface area contributed by atoms with Gasteiger partial charge >= 0.3 is 0 Å². The second-order valence-corrected chi connectivity index (χ2v) is 11.6. The highest BCUT2D eigenvalue weighted by Crippen LogP contribution is 2.38. The molecule has 2 heterocycles. The van der Waals surface area contributed by atoms with Gasteiger partial charge in [0.15, 0.2) is 5.82 Å². The van der Waals surface area contributed by atoms with Crippen molar-refractivity contribution in [2.45, 2.75) is 0 Å². The van der Waals surface area contributed by atoms with Crippen LogP contribution in [0.5, 0.6) is 0 Å². The number of para-hydroxylation sites is 1. The third kappa shape index (κ3) is 4.41. The number of nitrogens with zero attached hydrogens (tertiary/aromatic N) is 3. The van der Waals surface area contributed by atoms with Crippen LogP contribution in [0.4, 0.5) is 0 Å². The van der Waals surface area contributed by atoms with E-state index in [1.54, 1.807) is 0 Å². The van der Waals surface area contributed by atoms with Crippen molar-refractivity contribution in [3.63, 3.8) is 0 Å². The zero-order valence-corrected chi connectivity index (χ0v) is 24.9. The molecule has 0 spiro atoms. The van der Waals surface area contributed by atoms with Crippen molar-refractivity contribution >= 4 is 43.2 Å². The highest BCUT2D eigenvalue weighted by molar-refractivity contribution is 6.25. The van der Waals surface area contributed by atoms with Gasteiger partial charge in [0.2, 0.25) is 0 Å². The van der Waals surface area contributed by atoms with Gasteiger partial charge in [-0.05, 0) is 67.7 Å². The Morgan fingerprint density at radius 3 is 1.54 bits per heavy atom. The van der Waals surface area contributed by atoms with Gasteiger partial charge in [0, 0.05) is 28.3 Å². The number of benzene rings is 7. The fraction of sp³-hybridized carbons (Fsp3) is 0. The largest absolute Gasteiger partial charge is 0.256 e. The summed E-state index contributed by atoms with van der Waals surface area (Å²) in [5.74, 6) is 0.709. The van der Waals surface area contributed by atoms with E-state index in [9.17, 15) is 0 Å². The molecule has 0 unspecified atom stereocenters. The molecule has 0 aliphatic heterocycles. The Labute approximate surface area is 266 Å². The minimum Gasteiger partial charge on any atom is -0.256 e. The second-order valence-electron chi connectivity index (χ2n) is 11.6. The lowest BCUT2D eigenvalue weighted by Crippen LogP contribution is -1.96. The highest BCUT2D eigenvalue weighted by atomic mass is 14.9. The second kappa shape index (κ2) is 10.8. The molecule has 214 valence electrons. The molecule has 0 N–H and O–H groups in total. The molecule has 7 aromatic carbocycles. The summed E-state index contributed by atoms with van der Waals surface area (Å²) in [4.78, 5) is 14.8. The van der Waals surface area contributed by atoms with Crippen LogP contribution in [0.3, 0.4) is 0 Å². The number of rotatable bonds is 4. The maximum absolute atomic E-state index is 5.13. The first kappa shape index (κ1) is 26.2. The molecule has 0 saturated carbocycles. The fourth-order valence-electron chi connectivity index (χ4n) is 6.69. The zero-order valence-electron chi connectivity index (χ0n) is 24.9. The van der Waals surface area contributed by atoms with Crippen molar-refractivity contribution in [2.24, 2.45) is 0 Å². The number of hydrogen-bond donors (Lipinski definition) is 0. The molecule has 0 saturated heterocycles. The maximum atomic E-state index is 5.13. The Bertz CT molecular complexity index is 2530. The van der Waals surface area contributed by atoms with E-state index in [0.717, 1.165) is 44.5 Å². The Hall–Kier alpha value is -6.19. The van der Waals surface area contributed by atoms with Crippen LogP contribution in [0.2, 0.25) is 0 Å². The molecule has 9 aromatic rings. The summed E-state index contributed by atoms with van der Waals surface area (Å²) < 4.78 is 0. The van der Waals surface area contributed by atoms with E-state index in [-0.39, 0.29) is 0 Å². The average molecular weight is 586 g/mol. The number of fused-ring (bicyclic) bond motifs is 7. The van der Waals surface area contributed by atoms with Crippen LogP contribution in [-0.4, -0.2) is 15.0 Å². The fourth-order valence-corrected chi connectivity index (χ4v) is 6.69. The van der Waals surface area contributed by atoms with Gasteiger partial charge in [0.1, 0.15) is 0 Å². The molecule has 0 aliphatic rings. The van der Waals surface area contributed by atoms with Crippen LogP contribution < -0.4 is 0 Å². The number of pyridine rings is 1.